The Labute approximate surface area is 108 Å². The van der Waals surface area contributed by atoms with Crippen molar-refractivity contribution in [3.63, 3.8) is 0 Å². The van der Waals surface area contributed by atoms with Crippen molar-refractivity contribution in [3.8, 4) is 0 Å². The fourth-order valence-corrected chi connectivity index (χ4v) is 2.00. The summed E-state index contributed by atoms with van der Waals surface area (Å²) < 4.78 is 4.63. The lowest BCUT2D eigenvalue weighted by Gasteiger charge is -2.19. The van der Waals surface area contributed by atoms with Gasteiger partial charge in [0, 0.05) is 5.33 Å². The summed E-state index contributed by atoms with van der Waals surface area (Å²) in [7, 11) is 1.28. The average molecular weight is 303 g/mol. The Bertz CT molecular complexity index is 381. The van der Waals surface area contributed by atoms with E-state index < -0.39 is 18.2 Å². The first-order chi connectivity index (χ1) is 8.11. The number of halogens is 1. The summed E-state index contributed by atoms with van der Waals surface area (Å²) in [6.45, 7) is 0. The Kier molecular flexibility index (Phi) is 5.61. The Morgan fingerprint density at radius 1 is 1.41 bits per heavy atom. The van der Waals surface area contributed by atoms with E-state index in [4.69, 9.17) is 0 Å². The summed E-state index contributed by atoms with van der Waals surface area (Å²) in [5, 5.41) is 20.3. The molecule has 0 spiro atoms. The summed E-state index contributed by atoms with van der Waals surface area (Å²) in [6.07, 6.45) is -1.61. The molecule has 17 heavy (non-hydrogen) atoms. The molecule has 5 heteroatoms. The molecular formula is C12H15BrO4. The Morgan fingerprint density at radius 3 is 2.65 bits per heavy atom. The van der Waals surface area contributed by atoms with Crippen molar-refractivity contribution in [2.45, 2.75) is 18.6 Å². The first-order valence-electron chi connectivity index (χ1n) is 5.21. The zero-order chi connectivity index (χ0) is 12.8. The molecule has 0 radical (unpaired) electrons. The van der Waals surface area contributed by atoms with Gasteiger partial charge in [-0.05, 0) is 18.1 Å². The predicted octanol–water partition coefficient (Wildman–Crippen LogP) is 1.65. The van der Waals surface area contributed by atoms with Crippen LogP contribution in [0.4, 0.5) is 0 Å². The molecule has 0 bridgehead atoms. The van der Waals surface area contributed by atoms with Gasteiger partial charge in [0.05, 0.1) is 18.8 Å². The van der Waals surface area contributed by atoms with Crippen LogP contribution in [0.3, 0.4) is 0 Å². The first kappa shape index (κ1) is 14.2. The fraction of sp³-hybridized carbons (Fsp3) is 0.417. The van der Waals surface area contributed by atoms with Gasteiger partial charge in [0.15, 0.2) is 0 Å². The number of aliphatic hydroxyl groups is 2. The van der Waals surface area contributed by atoms with Crippen molar-refractivity contribution in [1.29, 1.82) is 0 Å². The molecule has 0 aliphatic heterocycles. The van der Waals surface area contributed by atoms with E-state index in [1.54, 1.807) is 24.3 Å². The van der Waals surface area contributed by atoms with Crippen LogP contribution in [0.5, 0.6) is 0 Å². The molecule has 1 aromatic rings. The fourth-order valence-electron chi connectivity index (χ4n) is 1.53. The third-order valence-electron chi connectivity index (χ3n) is 2.45. The smallest absolute Gasteiger partial charge is 0.338 e. The Hall–Kier alpha value is -0.910. The van der Waals surface area contributed by atoms with Crippen molar-refractivity contribution < 1.29 is 19.7 Å². The van der Waals surface area contributed by atoms with E-state index in [2.05, 4.69) is 20.7 Å². The number of rotatable bonds is 5. The van der Waals surface area contributed by atoms with E-state index in [1.807, 2.05) is 0 Å². The second kappa shape index (κ2) is 6.74. The number of carbonyl (C=O) groups is 1. The van der Waals surface area contributed by atoms with Gasteiger partial charge in [-0.1, -0.05) is 34.1 Å². The Morgan fingerprint density at radius 2 is 2.06 bits per heavy atom. The van der Waals surface area contributed by atoms with E-state index in [0.717, 1.165) is 0 Å². The van der Waals surface area contributed by atoms with Crippen LogP contribution in [0.2, 0.25) is 0 Å². The highest BCUT2D eigenvalue weighted by atomic mass is 79.9. The number of carbonyl (C=O) groups excluding carboxylic acids is 1. The molecule has 2 N–H and O–H groups in total. The third kappa shape index (κ3) is 3.52. The molecule has 0 aromatic heterocycles. The van der Waals surface area contributed by atoms with Gasteiger partial charge in [-0.15, -0.1) is 0 Å². The number of ether oxygens (including phenoxy) is 1. The summed E-state index contributed by atoms with van der Waals surface area (Å²) in [6, 6.07) is 6.55. The number of hydrogen-bond donors (Lipinski definition) is 2. The second-order valence-electron chi connectivity index (χ2n) is 3.57. The van der Waals surface area contributed by atoms with E-state index in [1.165, 1.54) is 7.11 Å². The maximum atomic E-state index is 11.5. The molecule has 4 nitrogen and oxygen atoms in total. The normalized spacial score (nSPS) is 14.1. The number of benzene rings is 1. The minimum Gasteiger partial charge on any atom is -0.465 e. The molecule has 94 valence electrons. The van der Waals surface area contributed by atoms with Crippen molar-refractivity contribution >= 4 is 21.9 Å². The first-order valence-corrected chi connectivity index (χ1v) is 6.33. The summed E-state index contributed by atoms with van der Waals surface area (Å²) in [4.78, 5) is 11.5. The van der Waals surface area contributed by atoms with Gasteiger partial charge in [-0.2, -0.15) is 0 Å². The maximum absolute atomic E-state index is 11.5. The number of hydrogen-bond acceptors (Lipinski definition) is 4. The summed E-state index contributed by atoms with van der Waals surface area (Å²) in [5.41, 5.74) is 0.656. The lowest BCUT2D eigenvalue weighted by atomic mass is 9.97. The second-order valence-corrected chi connectivity index (χ2v) is 4.36. The van der Waals surface area contributed by atoms with Crippen LogP contribution in [-0.2, 0) is 4.74 Å². The van der Waals surface area contributed by atoms with Crippen LogP contribution in [0.15, 0.2) is 24.3 Å². The summed E-state index contributed by atoms with van der Waals surface area (Å²) in [5.74, 6) is -0.523. The van der Waals surface area contributed by atoms with Gasteiger partial charge in [0.2, 0.25) is 0 Å². The number of aliphatic hydroxyl groups excluding tert-OH is 2. The van der Waals surface area contributed by atoms with E-state index in [9.17, 15) is 15.0 Å². The minimum atomic E-state index is -1.09. The molecule has 2 unspecified atom stereocenters. The van der Waals surface area contributed by atoms with Gasteiger partial charge in [0.25, 0.3) is 0 Å². The highest BCUT2D eigenvalue weighted by Crippen LogP contribution is 2.23. The van der Waals surface area contributed by atoms with Gasteiger partial charge in [-0.25, -0.2) is 4.79 Å². The van der Waals surface area contributed by atoms with Crippen LogP contribution in [-0.4, -0.2) is 34.7 Å². The van der Waals surface area contributed by atoms with Crippen LogP contribution in [0, 0.1) is 0 Å². The molecule has 0 saturated carbocycles. The third-order valence-corrected chi connectivity index (χ3v) is 2.91. The standard InChI is InChI=1S/C12H15BrO4/c1-17-12(16)9-5-3-2-4-8(9)11(15)10(14)6-7-13/h2-5,10-11,14-15H,6-7H2,1H3. The van der Waals surface area contributed by atoms with Crippen molar-refractivity contribution in [3.05, 3.63) is 35.4 Å². The average Bonchev–Trinajstić information content (AvgIpc) is 2.37. The monoisotopic (exact) mass is 302 g/mol. The van der Waals surface area contributed by atoms with Gasteiger partial charge in [0.1, 0.15) is 6.10 Å². The molecule has 0 aliphatic rings. The van der Waals surface area contributed by atoms with Crippen LogP contribution < -0.4 is 0 Å². The number of alkyl halides is 1. The SMILES string of the molecule is COC(=O)c1ccccc1C(O)C(O)CCBr. The van der Waals surface area contributed by atoms with Crippen LogP contribution >= 0.6 is 15.9 Å². The zero-order valence-corrected chi connectivity index (χ0v) is 11.1. The van der Waals surface area contributed by atoms with E-state index in [0.29, 0.717) is 17.3 Å². The number of esters is 1. The molecule has 0 heterocycles. The topological polar surface area (TPSA) is 66.8 Å². The molecule has 0 aliphatic carbocycles. The highest BCUT2D eigenvalue weighted by molar-refractivity contribution is 9.09. The number of methoxy groups -OCH3 is 1. The van der Waals surface area contributed by atoms with E-state index >= 15 is 0 Å². The lowest BCUT2D eigenvalue weighted by molar-refractivity contribution is 0.0161. The van der Waals surface area contributed by atoms with Gasteiger partial charge < -0.3 is 14.9 Å². The highest BCUT2D eigenvalue weighted by Gasteiger charge is 2.23. The molecule has 0 fully saturated rings. The quantitative estimate of drug-likeness (QED) is 0.641. The molecule has 0 amide bonds. The molecule has 2 atom stereocenters. The zero-order valence-electron chi connectivity index (χ0n) is 9.47. The molecule has 1 rings (SSSR count). The molecule has 1 aromatic carbocycles. The van der Waals surface area contributed by atoms with Gasteiger partial charge >= 0.3 is 5.97 Å². The van der Waals surface area contributed by atoms with Crippen molar-refractivity contribution in [1.82, 2.24) is 0 Å². The molecular weight excluding hydrogens is 288 g/mol. The molecule has 0 saturated heterocycles. The van der Waals surface area contributed by atoms with Crippen LogP contribution in [0.25, 0.3) is 0 Å². The van der Waals surface area contributed by atoms with Crippen molar-refractivity contribution in [2.75, 3.05) is 12.4 Å². The Balaban J connectivity index is 3.00. The van der Waals surface area contributed by atoms with Crippen molar-refractivity contribution in [2.24, 2.45) is 0 Å². The lowest BCUT2D eigenvalue weighted by Crippen LogP contribution is -2.21. The van der Waals surface area contributed by atoms with Gasteiger partial charge in [-0.3, -0.25) is 0 Å². The van der Waals surface area contributed by atoms with E-state index in [-0.39, 0.29) is 5.56 Å². The minimum absolute atomic E-state index is 0.274. The summed E-state index contributed by atoms with van der Waals surface area (Å²) >= 11 is 3.19. The maximum Gasteiger partial charge on any atom is 0.338 e. The predicted molar refractivity (Wildman–Crippen MR) is 67.2 cm³/mol. The van der Waals surface area contributed by atoms with Crippen LogP contribution in [0.1, 0.15) is 28.4 Å². The largest absolute Gasteiger partial charge is 0.465 e.